The van der Waals surface area contributed by atoms with Crippen LogP contribution in [0.15, 0.2) is 28.8 Å². The van der Waals surface area contributed by atoms with E-state index in [9.17, 15) is 0 Å². The Morgan fingerprint density at radius 1 is 1.04 bits per heavy atom. The van der Waals surface area contributed by atoms with Gasteiger partial charge in [0.15, 0.2) is 0 Å². The van der Waals surface area contributed by atoms with Crippen LogP contribution in [0.5, 0.6) is 5.75 Å². The first kappa shape index (κ1) is 18.6. The number of ether oxygens (including phenoxy) is 2. The van der Waals surface area contributed by atoms with E-state index in [0.29, 0.717) is 18.3 Å². The minimum absolute atomic E-state index is 0.236. The molecule has 6 nitrogen and oxygen atoms in total. The summed E-state index contributed by atoms with van der Waals surface area (Å²) in [7, 11) is 0. The van der Waals surface area contributed by atoms with Crippen LogP contribution < -0.4 is 4.74 Å². The summed E-state index contributed by atoms with van der Waals surface area (Å²) in [6.45, 7) is 9.61. The van der Waals surface area contributed by atoms with Crippen molar-refractivity contribution < 1.29 is 14.0 Å². The zero-order valence-corrected chi connectivity index (χ0v) is 16.8. The van der Waals surface area contributed by atoms with E-state index >= 15 is 0 Å². The first-order chi connectivity index (χ1) is 13.6. The zero-order valence-electron chi connectivity index (χ0n) is 16.8. The molecule has 0 amide bonds. The fraction of sp³-hybridized carbons (Fsp3) is 0.409. The predicted octanol–water partition coefficient (Wildman–Crippen LogP) is 4.32. The molecule has 0 bridgehead atoms. The number of pyridine rings is 1. The number of hydrogen-bond donors (Lipinski definition) is 0. The lowest BCUT2D eigenvalue weighted by Gasteiger charge is -2.14. The van der Waals surface area contributed by atoms with Gasteiger partial charge in [0.25, 0.3) is 5.89 Å². The molecule has 1 aromatic carbocycles. The first-order valence-corrected chi connectivity index (χ1v) is 9.77. The van der Waals surface area contributed by atoms with E-state index < -0.39 is 0 Å². The molecule has 2 aromatic heterocycles. The highest BCUT2D eigenvalue weighted by Gasteiger charge is 2.24. The van der Waals surface area contributed by atoms with Crippen molar-refractivity contribution >= 4 is 0 Å². The zero-order chi connectivity index (χ0) is 19.7. The summed E-state index contributed by atoms with van der Waals surface area (Å²) >= 11 is 0. The van der Waals surface area contributed by atoms with E-state index in [1.165, 1.54) is 0 Å². The van der Waals surface area contributed by atoms with Crippen LogP contribution in [0, 0.1) is 13.8 Å². The fourth-order valence-corrected chi connectivity index (χ4v) is 3.29. The molecule has 0 saturated carbocycles. The highest BCUT2D eigenvalue weighted by atomic mass is 16.6. The lowest BCUT2D eigenvalue weighted by molar-refractivity contribution is 0.260. The third-order valence-corrected chi connectivity index (χ3v) is 4.85. The Morgan fingerprint density at radius 3 is 2.57 bits per heavy atom. The number of rotatable bonds is 7. The number of hydrogen-bond acceptors (Lipinski definition) is 6. The average molecular weight is 379 g/mol. The van der Waals surface area contributed by atoms with Gasteiger partial charge in [-0.3, -0.25) is 4.98 Å². The van der Waals surface area contributed by atoms with Gasteiger partial charge in [0.1, 0.15) is 18.5 Å². The molecular weight excluding hydrogens is 354 g/mol. The molecule has 1 unspecified atom stereocenters. The lowest BCUT2D eigenvalue weighted by atomic mass is 10.0. The highest BCUT2D eigenvalue weighted by molar-refractivity contribution is 5.64. The molecule has 0 spiro atoms. The molecule has 0 radical (unpaired) electrons. The molecule has 1 atom stereocenters. The van der Waals surface area contributed by atoms with Gasteiger partial charge in [-0.25, -0.2) is 0 Å². The van der Waals surface area contributed by atoms with Crippen molar-refractivity contribution in [2.75, 3.05) is 13.2 Å². The Hall–Kier alpha value is -2.73. The van der Waals surface area contributed by atoms with Gasteiger partial charge in [-0.1, -0.05) is 19.0 Å². The highest BCUT2D eigenvalue weighted by Crippen LogP contribution is 2.32. The smallest absolute Gasteiger partial charge is 0.258 e. The van der Waals surface area contributed by atoms with Crippen molar-refractivity contribution in [2.24, 2.45) is 0 Å². The second kappa shape index (κ2) is 7.72. The standard InChI is InChI=1S/C22H25N3O3/c1-5-15-9-16(7-13(3)20(15)27-12-19-11-26-19)21-24-22(28-25-21)17-8-14(4)23-18(6-2)10-17/h7-10,19H,5-6,11-12H2,1-4H3. The minimum Gasteiger partial charge on any atom is -0.490 e. The van der Waals surface area contributed by atoms with Crippen LogP contribution in [0.1, 0.15) is 36.4 Å². The molecule has 0 N–H and O–H groups in total. The molecule has 4 rings (SSSR count). The normalized spacial score (nSPS) is 15.6. The van der Waals surface area contributed by atoms with E-state index in [-0.39, 0.29) is 6.10 Å². The molecule has 1 aliphatic rings. The molecular formula is C22H25N3O3. The summed E-state index contributed by atoms with van der Waals surface area (Å²) in [5.74, 6) is 2.03. The first-order valence-electron chi connectivity index (χ1n) is 9.77. The Balaban J connectivity index is 1.64. The SMILES string of the molecule is CCc1cc(-c2nc(-c3cc(C)c(OCC4CO4)c(CC)c3)no2)cc(C)n1. The average Bonchev–Trinajstić information content (AvgIpc) is 3.39. The van der Waals surface area contributed by atoms with Crippen molar-refractivity contribution in [3.8, 4) is 28.6 Å². The number of aryl methyl sites for hydroxylation is 4. The number of aromatic nitrogens is 3. The topological polar surface area (TPSA) is 73.6 Å². The van der Waals surface area contributed by atoms with E-state index in [1.807, 2.05) is 32.0 Å². The van der Waals surface area contributed by atoms with Crippen molar-refractivity contribution in [3.05, 3.63) is 46.8 Å². The van der Waals surface area contributed by atoms with E-state index in [2.05, 4.69) is 35.0 Å². The molecule has 0 aliphatic carbocycles. The maximum Gasteiger partial charge on any atom is 0.258 e. The van der Waals surface area contributed by atoms with E-state index in [1.54, 1.807) is 0 Å². The van der Waals surface area contributed by atoms with Crippen LogP contribution in [0.25, 0.3) is 22.8 Å². The molecule has 3 aromatic rings. The summed E-state index contributed by atoms with van der Waals surface area (Å²) in [6.07, 6.45) is 1.96. The van der Waals surface area contributed by atoms with E-state index in [0.717, 1.165) is 58.8 Å². The Labute approximate surface area is 164 Å². The van der Waals surface area contributed by atoms with Gasteiger partial charge in [0.2, 0.25) is 5.82 Å². The summed E-state index contributed by atoms with van der Waals surface area (Å²) in [5.41, 5.74) is 5.99. The Bertz CT molecular complexity index is 993. The molecule has 1 aliphatic heterocycles. The van der Waals surface area contributed by atoms with Crippen LogP contribution in [-0.4, -0.2) is 34.4 Å². The van der Waals surface area contributed by atoms with Gasteiger partial charge < -0.3 is 14.0 Å². The second-order valence-electron chi connectivity index (χ2n) is 7.17. The van der Waals surface area contributed by atoms with Gasteiger partial charge in [0.05, 0.1) is 6.61 Å². The summed E-state index contributed by atoms with van der Waals surface area (Å²) in [4.78, 5) is 9.14. The summed E-state index contributed by atoms with van der Waals surface area (Å²) in [5, 5.41) is 4.21. The molecule has 1 saturated heterocycles. The Morgan fingerprint density at radius 2 is 1.86 bits per heavy atom. The van der Waals surface area contributed by atoms with Crippen LogP contribution in [0.4, 0.5) is 0 Å². The largest absolute Gasteiger partial charge is 0.490 e. The molecule has 28 heavy (non-hydrogen) atoms. The Kier molecular flexibility index (Phi) is 5.13. The fourth-order valence-electron chi connectivity index (χ4n) is 3.29. The monoisotopic (exact) mass is 379 g/mol. The van der Waals surface area contributed by atoms with Crippen LogP contribution >= 0.6 is 0 Å². The maximum atomic E-state index is 5.99. The quantitative estimate of drug-likeness (QED) is 0.569. The van der Waals surface area contributed by atoms with Crippen molar-refractivity contribution in [1.82, 2.24) is 15.1 Å². The van der Waals surface area contributed by atoms with Crippen molar-refractivity contribution in [3.63, 3.8) is 0 Å². The van der Waals surface area contributed by atoms with Crippen LogP contribution in [-0.2, 0) is 17.6 Å². The third kappa shape index (κ3) is 3.92. The van der Waals surface area contributed by atoms with Crippen molar-refractivity contribution in [1.29, 1.82) is 0 Å². The molecule has 3 heterocycles. The third-order valence-electron chi connectivity index (χ3n) is 4.85. The van der Waals surface area contributed by atoms with Gasteiger partial charge in [-0.2, -0.15) is 4.98 Å². The van der Waals surface area contributed by atoms with Crippen molar-refractivity contribution in [2.45, 2.75) is 46.6 Å². The lowest BCUT2D eigenvalue weighted by Crippen LogP contribution is -2.07. The number of nitrogens with zero attached hydrogens (tertiary/aromatic N) is 3. The van der Waals surface area contributed by atoms with Crippen LogP contribution in [0.3, 0.4) is 0 Å². The maximum absolute atomic E-state index is 5.99. The molecule has 146 valence electrons. The summed E-state index contributed by atoms with van der Waals surface area (Å²) < 4.78 is 16.8. The van der Waals surface area contributed by atoms with Crippen LogP contribution in [0.2, 0.25) is 0 Å². The minimum atomic E-state index is 0.236. The molecule has 6 heteroatoms. The van der Waals surface area contributed by atoms with Gasteiger partial charge in [0, 0.05) is 22.5 Å². The predicted molar refractivity (Wildman–Crippen MR) is 106 cm³/mol. The van der Waals surface area contributed by atoms with E-state index in [4.69, 9.17) is 14.0 Å². The van der Waals surface area contributed by atoms with Gasteiger partial charge >= 0.3 is 0 Å². The second-order valence-corrected chi connectivity index (χ2v) is 7.17. The van der Waals surface area contributed by atoms with Gasteiger partial charge in [-0.15, -0.1) is 0 Å². The number of benzene rings is 1. The number of epoxide rings is 1. The van der Waals surface area contributed by atoms with Gasteiger partial charge in [-0.05, 0) is 62.1 Å². The summed E-state index contributed by atoms with van der Waals surface area (Å²) in [6, 6.07) is 8.10. The molecule has 1 fully saturated rings.